The molecule has 0 aliphatic heterocycles. The quantitative estimate of drug-likeness (QED) is 0.782. The van der Waals surface area contributed by atoms with Crippen LogP contribution in [-0.2, 0) is 6.54 Å². The Bertz CT molecular complexity index is 783. The van der Waals surface area contributed by atoms with Crippen molar-refractivity contribution in [1.82, 2.24) is 0 Å². The van der Waals surface area contributed by atoms with Gasteiger partial charge in [-0.1, -0.05) is 24.3 Å². The number of carbonyl (C=O) groups is 2. The molecular formula is C17H17NO5. The van der Waals surface area contributed by atoms with Gasteiger partial charge in [0.15, 0.2) is 0 Å². The molecule has 23 heavy (non-hydrogen) atoms. The minimum Gasteiger partial charge on any atom is -0.496 e. The van der Waals surface area contributed by atoms with E-state index in [0.29, 0.717) is 22.4 Å². The lowest BCUT2D eigenvalue weighted by Crippen LogP contribution is -2.10. The molecule has 0 radical (unpaired) electrons. The van der Waals surface area contributed by atoms with Crippen molar-refractivity contribution in [2.75, 3.05) is 7.11 Å². The maximum Gasteiger partial charge on any atom is 0.336 e. The molecule has 120 valence electrons. The Morgan fingerprint density at radius 1 is 1.13 bits per heavy atom. The Kier molecular flexibility index (Phi) is 4.66. The normalized spacial score (nSPS) is 10.4. The lowest BCUT2D eigenvalue weighted by atomic mass is 9.89. The minimum absolute atomic E-state index is 0.0580. The van der Waals surface area contributed by atoms with Gasteiger partial charge in [-0.25, -0.2) is 9.59 Å². The summed E-state index contributed by atoms with van der Waals surface area (Å²) in [4.78, 5) is 23.3. The van der Waals surface area contributed by atoms with Crippen LogP contribution in [0.15, 0.2) is 30.3 Å². The Morgan fingerprint density at radius 3 is 2.35 bits per heavy atom. The molecular weight excluding hydrogens is 298 g/mol. The molecule has 2 aromatic carbocycles. The van der Waals surface area contributed by atoms with Crippen molar-refractivity contribution in [3.8, 4) is 16.9 Å². The summed E-state index contributed by atoms with van der Waals surface area (Å²) < 4.78 is 5.37. The fourth-order valence-corrected chi connectivity index (χ4v) is 2.62. The number of benzene rings is 2. The number of ether oxygens (including phenoxy) is 1. The standard InChI is InChI=1S/C17H17NO5/c1-9-6-7-12(16(19)20)14(13(9)17(21)22)11-5-3-4-10(8-18)15(11)23-2/h3-7H,8,18H2,1-2H3,(H,19,20)(H,21,22). The van der Waals surface area contributed by atoms with E-state index >= 15 is 0 Å². The monoisotopic (exact) mass is 315 g/mol. The van der Waals surface area contributed by atoms with E-state index < -0.39 is 11.9 Å². The summed E-state index contributed by atoms with van der Waals surface area (Å²) >= 11 is 0. The minimum atomic E-state index is -1.21. The highest BCUT2D eigenvalue weighted by Gasteiger charge is 2.24. The zero-order valence-electron chi connectivity index (χ0n) is 12.8. The molecule has 0 heterocycles. The lowest BCUT2D eigenvalue weighted by molar-refractivity contribution is 0.0695. The van der Waals surface area contributed by atoms with Crippen LogP contribution in [0.3, 0.4) is 0 Å². The van der Waals surface area contributed by atoms with Crippen LogP contribution in [0.25, 0.3) is 11.1 Å². The number of hydrogen-bond donors (Lipinski definition) is 3. The topological polar surface area (TPSA) is 110 Å². The van der Waals surface area contributed by atoms with E-state index in [1.807, 2.05) is 0 Å². The second-order valence-corrected chi connectivity index (χ2v) is 4.99. The second-order valence-electron chi connectivity index (χ2n) is 4.99. The number of hydrogen-bond acceptors (Lipinski definition) is 4. The number of rotatable bonds is 5. The summed E-state index contributed by atoms with van der Waals surface area (Å²) in [6.45, 7) is 1.81. The predicted molar refractivity (Wildman–Crippen MR) is 85.0 cm³/mol. The average molecular weight is 315 g/mol. The van der Waals surface area contributed by atoms with Crippen molar-refractivity contribution < 1.29 is 24.5 Å². The summed E-state index contributed by atoms with van der Waals surface area (Å²) in [6, 6.07) is 7.95. The lowest BCUT2D eigenvalue weighted by Gasteiger charge is -2.17. The fourth-order valence-electron chi connectivity index (χ4n) is 2.62. The smallest absolute Gasteiger partial charge is 0.336 e. The van der Waals surface area contributed by atoms with Gasteiger partial charge in [-0.05, 0) is 18.6 Å². The first-order valence-electron chi connectivity index (χ1n) is 6.88. The zero-order chi connectivity index (χ0) is 17.1. The summed E-state index contributed by atoms with van der Waals surface area (Å²) in [5.41, 5.74) is 7.19. The average Bonchev–Trinajstić information content (AvgIpc) is 2.52. The highest BCUT2D eigenvalue weighted by Crippen LogP contribution is 2.38. The molecule has 0 bridgehead atoms. The van der Waals surface area contributed by atoms with Crippen LogP contribution in [0.2, 0.25) is 0 Å². The van der Waals surface area contributed by atoms with Crippen molar-refractivity contribution in [3.05, 3.63) is 52.6 Å². The third-order valence-corrected chi connectivity index (χ3v) is 3.65. The molecule has 0 fully saturated rings. The number of aryl methyl sites for hydroxylation is 1. The summed E-state index contributed by atoms with van der Waals surface area (Å²) in [5, 5.41) is 19.0. The molecule has 0 unspecified atom stereocenters. The Balaban J connectivity index is 2.95. The first-order valence-corrected chi connectivity index (χ1v) is 6.88. The number of carboxylic acid groups (broad SMARTS) is 2. The van der Waals surface area contributed by atoms with Crippen molar-refractivity contribution >= 4 is 11.9 Å². The van der Waals surface area contributed by atoms with Gasteiger partial charge in [0.1, 0.15) is 5.75 Å². The fraction of sp³-hybridized carbons (Fsp3) is 0.176. The van der Waals surface area contributed by atoms with Gasteiger partial charge in [0.25, 0.3) is 0 Å². The van der Waals surface area contributed by atoms with E-state index in [0.717, 1.165) is 0 Å². The Labute approximate surface area is 133 Å². The van der Waals surface area contributed by atoms with E-state index in [2.05, 4.69) is 0 Å². The Morgan fingerprint density at radius 2 is 1.83 bits per heavy atom. The third-order valence-electron chi connectivity index (χ3n) is 3.65. The van der Waals surface area contributed by atoms with Gasteiger partial charge in [-0.15, -0.1) is 0 Å². The highest BCUT2D eigenvalue weighted by atomic mass is 16.5. The molecule has 0 aromatic heterocycles. The van der Waals surface area contributed by atoms with Crippen LogP contribution >= 0.6 is 0 Å². The third kappa shape index (κ3) is 2.89. The number of para-hydroxylation sites is 1. The van der Waals surface area contributed by atoms with Gasteiger partial charge in [0.2, 0.25) is 0 Å². The molecule has 0 saturated carbocycles. The van der Waals surface area contributed by atoms with Crippen molar-refractivity contribution in [3.63, 3.8) is 0 Å². The second kappa shape index (κ2) is 6.50. The number of nitrogens with two attached hydrogens (primary N) is 1. The number of methoxy groups -OCH3 is 1. The molecule has 4 N–H and O–H groups in total. The van der Waals surface area contributed by atoms with Gasteiger partial charge in [0.05, 0.1) is 18.2 Å². The van der Waals surface area contributed by atoms with E-state index in [9.17, 15) is 19.8 Å². The summed E-state index contributed by atoms with van der Waals surface area (Å²) in [7, 11) is 1.44. The summed E-state index contributed by atoms with van der Waals surface area (Å²) in [5.74, 6) is -2.02. The van der Waals surface area contributed by atoms with E-state index in [1.54, 1.807) is 25.1 Å². The van der Waals surface area contributed by atoms with E-state index in [4.69, 9.17) is 10.5 Å². The zero-order valence-corrected chi connectivity index (χ0v) is 12.8. The highest BCUT2D eigenvalue weighted by molar-refractivity contribution is 6.06. The SMILES string of the molecule is COc1c(CN)cccc1-c1c(C(=O)O)ccc(C)c1C(=O)O. The molecule has 2 aromatic rings. The molecule has 0 atom stereocenters. The summed E-state index contributed by atoms with van der Waals surface area (Å²) in [6.07, 6.45) is 0. The molecule has 0 aliphatic carbocycles. The molecule has 0 spiro atoms. The van der Waals surface area contributed by atoms with Gasteiger partial charge in [-0.2, -0.15) is 0 Å². The van der Waals surface area contributed by atoms with Gasteiger partial charge < -0.3 is 20.7 Å². The number of aromatic carboxylic acids is 2. The van der Waals surface area contributed by atoms with Gasteiger partial charge >= 0.3 is 11.9 Å². The van der Waals surface area contributed by atoms with E-state index in [1.165, 1.54) is 19.2 Å². The van der Waals surface area contributed by atoms with Crippen LogP contribution in [0, 0.1) is 6.92 Å². The molecule has 6 heteroatoms. The van der Waals surface area contributed by atoms with Crippen LogP contribution in [0.1, 0.15) is 31.8 Å². The van der Waals surface area contributed by atoms with Crippen LogP contribution in [0.4, 0.5) is 0 Å². The van der Waals surface area contributed by atoms with E-state index in [-0.39, 0.29) is 23.2 Å². The van der Waals surface area contributed by atoms with Crippen molar-refractivity contribution in [2.24, 2.45) is 5.73 Å². The van der Waals surface area contributed by atoms with Crippen molar-refractivity contribution in [1.29, 1.82) is 0 Å². The Hall–Kier alpha value is -2.86. The van der Waals surface area contributed by atoms with Crippen molar-refractivity contribution in [2.45, 2.75) is 13.5 Å². The van der Waals surface area contributed by atoms with Gasteiger partial charge in [0, 0.05) is 23.2 Å². The maximum atomic E-state index is 11.7. The first-order chi connectivity index (χ1) is 10.9. The molecule has 0 aliphatic rings. The van der Waals surface area contributed by atoms with Crippen LogP contribution in [-0.4, -0.2) is 29.3 Å². The first kappa shape index (κ1) is 16.5. The number of carboxylic acids is 2. The van der Waals surface area contributed by atoms with Crippen LogP contribution in [0.5, 0.6) is 5.75 Å². The molecule has 6 nitrogen and oxygen atoms in total. The molecule has 2 rings (SSSR count). The predicted octanol–water partition coefficient (Wildman–Crippen LogP) is 2.53. The van der Waals surface area contributed by atoms with Gasteiger partial charge in [-0.3, -0.25) is 0 Å². The largest absolute Gasteiger partial charge is 0.496 e. The van der Waals surface area contributed by atoms with Crippen LogP contribution < -0.4 is 10.5 Å². The molecule has 0 amide bonds. The maximum absolute atomic E-state index is 11.7. The molecule has 0 saturated heterocycles.